The number of hydrogen-bond acceptors (Lipinski definition) is 3. The average Bonchev–Trinajstić information content (AvgIpc) is 2.92. The van der Waals surface area contributed by atoms with Gasteiger partial charge in [-0.15, -0.1) is 0 Å². The fraction of sp³-hybridized carbons (Fsp3) is 0.158. The number of anilines is 1. The summed E-state index contributed by atoms with van der Waals surface area (Å²) in [6.07, 6.45) is 0. The summed E-state index contributed by atoms with van der Waals surface area (Å²) < 4.78 is 1.81. The van der Waals surface area contributed by atoms with Crippen molar-refractivity contribution in [3.63, 3.8) is 0 Å². The van der Waals surface area contributed by atoms with Crippen molar-refractivity contribution in [3.05, 3.63) is 71.5 Å². The number of carbonyl (C=O) groups is 1. The molecule has 0 saturated carbocycles. The average molecular weight is 336 g/mol. The molecule has 0 aliphatic heterocycles. The van der Waals surface area contributed by atoms with Crippen LogP contribution in [-0.4, -0.2) is 20.9 Å². The van der Waals surface area contributed by atoms with Gasteiger partial charge in [-0.1, -0.05) is 24.3 Å². The highest BCUT2D eigenvalue weighted by Crippen LogP contribution is 2.21. The molecule has 2 aromatic carbocycles. The summed E-state index contributed by atoms with van der Waals surface area (Å²) >= 11 is 0. The molecule has 25 heavy (non-hydrogen) atoms. The second kappa shape index (κ2) is 7.09. The molecular weight excluding hydrogens is 316 g/mol. The van der Waals surface area contributed by atoms with Crippen molar-refractivity contribution >= 4 is 11.7 Å². The molecule has 3 aromatic rings. The van der Waals surface area contributed by atoms with Gasteiger partial charge in [0.05, 0.1) is 17.1 Å². The second-order valence-corrected chi connectivity index (χ2v) is 5.83. The van der Waals surface area contributed by atoms with Gasteiger partial charge in [0.15, 0.2) is 0 Å². The van der Waals surface area contributed by atoms with Gasteiger partial charge in [0.2, 0.25) is 0 Å². The van der Waals surface area contributed by atoms with Gasteiger partial charge < -0.3 is 15.7 Å². The SMILES string of the molecule is Cc1cc(C)n(-c2ccccc2NC(=O)NCc2cccc(O)c2)n1. The summed E-state index contributed by atoms with van der Waals surface area (Å²) in [4.78, 5) is 12.2. The molecule has 0 bridgehead atoms. The lowest BCUT2D eigenvalue weighted by Gasteiger charge is -2.13. The Morgan fingerprint density at radius 1 is 1.12 bits per heavy atom. The van der Waals surface area contributed by atoms with E-state index >= 15 is 0 Å². The molecule has 0 spiro atoms. The number of para-hydroxylation sites is 2. The van der Waals surface area contributed by atoms with Gasteiger partial charge in [0, 0.05) is 12.2 Å². The van der Waals surface area contributed by atoms with Crippen molar-refractivity contribution in [2.45, 2.75) is 20.4 Å². The maximum absolute atomic E-state index is 12.2. The molecule has 1 aromatic heterocycles. The Labute approximate surface area is 146 Å². The van der Waals surface area contributed by atoms with E-state index in [1.807, 2.05) is 50.2 Å². The quantitative estimate of drug-likeness (QED) is 0.682. The Balaban J connectivity index is 1.72. The van der Waals surface area contributed by atoms with E-state index in [0.29, 0.717) is 12.2 Å². The van der Waals surface area contributed by atoms with Crippen LogP contribution in [-0.2, 0) is 6.54 Å². The number of aryl methyl sites for hydroxylation is 2. The summed E-state index contributed by atoms with van der Waals surface area (Å²) in [6, 6.07) is 16.0. The van der Waals surface area contributed by atoms with E-state index in [1.165, 1.54) is 0 Å². The minimum atomic E-state index is -0.322. The van der Waals surface area contributed by atoms with Gasteiger partial charge in [-0.25, -0.2) is 9.48 Å². The van der Waals surface area contributed by atoms with Gasteiger partial charge in [-0.2, -0.15) is 5.10 Å². The van der Waals surface area contributed by atoms with Crippen LogP contribution in [0.5, 0.6) is 5.75 Å². The molecule has 6 heteroatoms. The van der Waals surface area contributed by atoms with Crippen molar-refractivity contribution in [1.82, 2.24) is 15.1 Å². The molecule has 0 aliphatic carbocycles. The number of phenols is 1. The Morgan fingerprint density at radius 2 is 1.92 bits per heavy atom. The van der Waals surface area contributed by atoms with Crippen molar-refractivity contribution in [1.29, 1.82) is 0 Å². The van der Waals surface area contributed by atoms with Gasteiger partial charge in [-0.3, -0.25) is 0 Å². The van der Waals surface area contributed by atoms with E-state index in [2.05, 4.69) is 15.7 Å². The summed E-state index contributed by atoms with van der Waals surface area (Å²) in [6.45, 7) is 4.22. The normalized spacial score (nSPS) is 10.5. The van der Waals surface area contributed by atoms with Crippen LogP contribution >= 0.6 is 0 Å². The first-order chi connectivity index (χ1) is 12.0. The lowest BCUT2D eigenvalue weighted by Crippen LogP contribution is -2.28. The third-order valence-electron chi connectivity index (χ3n) is 3.75. The molecule has 6 nitrogen and oxygen atoms in total. The molecule has 3 N–H and O–H groups in total. The summed E-state index contributed by atoms with van der Waals surface area (Å²) in [5.41, 5.74) is 4.21. The Hall–Kier alpha value is -3.28. The van der Waals surface area contributed by atoms with Crippen molar-refractivity contribution < 1.29 is 9.90 Å². The number of aromatic hydroxyl groups is 1. The fourth-order valence-electron chi connectivity index (χ4n) is 2.65. The monoisotopic (exact) mass is 336 g/mol. The maximum atomic E-state index is 12.2. The van der Waals surface area contributed by atoms with Gasteiger partial charge >= 0.3 is 6.03 Å². The van der Waals surface area contributed by atoms with E-state index in [0.717, 1.165) is 22.6 Å². The highest BCUT2D eigenvalue weighted by Gasteiger charge is 2.11. The molecule has 0 atom stereocenters. The number of amides is 2. The first-order valence-corrected chi connectivity index (χ1v) is 7.98. The van der Waals surface area contributed by atoms with Crippen LogP contribution in [0, 0.1) is 13.8 Å². The summed E-state index contributed by atoms with van der Waals surface area (Å²) in [7, 11) is 0. The first kappa shape index (κ1) is 16.6. The van der Waals surface area contributed by atoms with Gasteiger partial charge in [0.1, 0.15) is 5.75 Å². The third kappa shape index (κ3) is 3.98. The highest BCUT2D eigenvalue weighted by molar-refractivity contribution is 5.91. The number of aromatic nitrogens is 2. The number of nitrogens with zero attached hydrogens (tertiary/aromatic N) is 2. The van der Waals surface area contributed by atoms with Crippen LogP contribution in [0.1, 0.15) is 17.0 Å². The molecule has 0 saturated heterocycles. The number of rotatable bonds is 4. The van der Waals surface area contributed by atoms with Crippen molar-refractivity contribution in [2.24, 2.45) is 0 Å². The number of hydrogen-bond donors (Lipinski definition) is 3. The molecule has 1 heterocycles. The summed E-state index contributed by atoms with van der Waals surface area (Å²) in [5.74, 6) is 0.176. The van der Waals surface area contributed by atoms with Crippen LogP contribution in [0.2, 0.25) is 0 Å². The van der Waals surface area contributed by atoms with Crippen molar-refractivity contribution in [3.8, 4) is 11.4 Å². The van der Waals surface area contributed by atoms with Crippen LogP contribution < -0.4 is 10.6 Å². The molecular formula is C19H20N4O2. The zero-order valence-electron chi connectivity index (χ0n) is 14.2. The second-order valence-electron chi connectivity index (χ2n) is 5.83. The predicted molar refractivity (Wildman–Crippen MR) is 97.0 cm³/mol. The minimum absolute atomic E-state index is 0.176. The lowest BCUT2D eigenvalue weighted by atomic mass is 10.2. The Morgan fingerprint density at radius 3 is 2.64 bits per heavy atom. The van der Waals surface area contributed by atoms with Crippen LogP contribution in [0.4, 0.5) is 10.5 Å². The van der Waals surface area contributed by atoms with Crippen LogP contribution in [0.15, 0.2) is 54.6 Å². The van der Waals surface area contributed by atoms with E-state index in [9.17, 15) is 9.90 Å². The Kier molecular flexibility index (Phi) is 4.70. The topological polar surface area (TPSA) is 79.2 Å². The number of nitrogens with one attached hydrogen (secondary N) is 2. The maximum Gasteiger partial charge on any atom is 0.319 e. The van der Waals surface area contributed by atoms with E-state index in [4.69, 9.17) is 0 Å². The lowest BCUT2D eigenvalue weighted by molar-refractivity contribution is 0.251. The summed E-state index contributed by atoms with van der Waals surface area (Å²) in [5, 5.41) is 19.6. The number of carbonyl (C=O) groups excluding carboxylic acids is 1. The van der Waals surface area contributed by atoms with E-state index in [1.54, 1.807) is 22.9 Å². The smallest absolute Gasteiger partial charge is 0.319 e. The molecule has 0 fully saturated rings. The molecule has 0 unspecified atom stereocenters. The zero-order chi connectivity index (χ0) is 17.8. The molecule has 128 valence electrons. The third-order valence-corrected chi connectivity index (χ3v) is 3.75. The van der Waals surface area contributed by atoms with Crippen LogP contribution in [0.3, 0.4) is 0 Å². The largest absolute Gasteiger partial charge is 0.508 e. The highest BCUT2D eigenvalue weighted by atomic mass is 16.3. The van der Waals surface area contributed by atoms with Gasteiger partial charge in [0.25, 0.3) is 0 Å². The number of urea groups is 1. The fourth-order valence-corrected chi connectivity index (χ4v) is 2.65. The van der Waals surface area contributed by atoms with Crippen LogP contribution in [0.25, 0.3) is 5.69 Å². The molecule has 0 radical (unpaired) electrons. The number of phenolic OH excluding ortho intramolecular Hbond substituents is 1. The number of benzene rings is 2. The standard InChI is InChI=1S/C19H20N4O2/c1-13-10-14(2)23(22-13)18-9-4-3-8-17(18)21-19(25)20-12-15-6-5-7-16(24)11-15/h3-11,24H,12H2,1-2H3,(H2,20,21,25). The van der Waals surface area contributed by atoms with Gasteiger partial charge in [-0.05, 0) is 49.7 Å². The molecule has 2 amide bonds. The van der Waals surface area contributed by atoms with Crippen molar-refractivity contribution in [2.75, 3.05) is 5.32 Å². The molecule has 0 aliphatic rings. The Bertz CT molecular complexity index is 902. The molecule has 3 rings (SSSR count). The predicted octanol–water partition coefficient (Wildman–Crippen LogP) is 3.52. The van der Waals surface area contributed by atoms with E-state index < -0.39 is 0 Å². The zero-order valence-corrected chi connectivity index (χ0v) is 14.2. The minimum Gasteiger partial charge on any atom is -0.508 e. The van der Waals surface area contributed by atoms with E-state index in [-0.39, 0.29) is 11.8 Å². The first-order valence-electron chi connectivity index (χ1n) is 7.98.